The molecule has 0 N–H and O–H groups in total. The molecule has 0 aliphatic carbocycles. The summed E-state index contributed by atoms with van der Waals surface area (Å²) in [4.78, 5) is 29.2. The number of carbonyl (C=O) groups is 1. The van der Waals surface area contributed by atoms with Crippen LogP contribution in [-0.4, -0.2) is 56.0 Å². The smallest absolute Gasteiger partial charge is 0.258 e. The second kappa shape index (κ2) is 6.36. The van der Waals surface area contributed by atoms with Crippen LogP contribution in [0.25, 0.3) is 5.65 Å². The number of carbonyl (C=O) groups excluding carboxylic acids is 1. The van der Waals surface area contributed by atoms with Gasteiger partial charge in [0.25, 0.3) is 5.91 Å². The first-order valence-electron chi connectivity index (χ1n) is 8.66. The molecule has 8 heteroatoms. The van der Waals surface area contributed by atoms with Crippen LogP contribution < -0.4 is 4.90 Å². The molecule has 1 aliphatic rings. The third-order valence-electron chi connectivity index (χ3n) is 4.74. The van der Waals surface area contributed by atoms with Crippen LogP contribution in [0.15, 0.2) is 30.9 Å². The van der Waals surface area contributed by atoms with Crippen molar-refractivity contribution in [3.05, 3.63) is 47.8 Å². The van der Waals surface area contributed by atoms with Crippen LogP contribution in [0.5, 0.6) is 0 Å². The number of rotatable bonds is 3. The molecule has 1 fully saturated rings. The van der Waals surface area contributed by atoms with Crippen LogP contribution in [0.1, 0.15) is 40.6 Å². The third-order valence-corrected chi connectivity index (χ3v) is 4.74. The van der Waals surface area contributed by atoms with Crippen molar-refractivity contribution in [1.82, 2.24) is 29.5 Å². The number of hydrogen-bond acceptors (Lipinski definition) is 6. The Bertz CT molecular complexity index is 965. The highest BCUT2D eigenvalue weighted by molar-refractivity contribution is 5.99. The van der Waals surface area contributed by atoms with Crippen LogP contribution in [-0.2, 0) is 0 Å². The van der Waals surface area contributed by atoms with E-state index in [1.807, 2.05) is 19.1 Å². The van der Waals surface area contributed by atoms with E-state index in [0.29, 0.717) is 11.2 Å². The average molecular weight is 351 g/mol. The predicted molar refractivity (Wildman–Crippen MR) is 97.1 cm³/mol. The molecule has 4 rings (SSSR count). The molecule has 3 aromatic heterocycles. The predicted octanol–water partition coefficient (Wildman–Crippen LogP) is 1.87. The maximum absolute atomic E-state index is 12.4. The van der Waals surface area contributed by atoms with E-state index in [1.54, 1.807) is 37.3 Å². The molecule has 1 unspecified atom stereocenters. The summed E-state index contributed by atoms with van der Waals surface area (Å²) in [5, 5.41) is 4.46. The van der Waals surface area contributed by atoms with Gasteiger partial charge in [-0.2, -0.15) is 5.10 Å². The second-order valence-corrected chi connectivity index (χ2v) is 6.73. The summed E-state index contributed by atoms with van der Waals surface area (Å²) < 4.78 is 1.79. The Morgan fingerprint density at radius 1 is 1.27 bits per heavy atom. The van der Waals surface area contributed by atoms with E-state index in [1.165, 1.54) is 4.90 Å². The molecule has 26 heavy (non-hydrogen) atoms. The number of aromatic nitrogens is 5. The lowest BCUT2D eigenvalue weighted by atomic mass is 10.1. The molecule has 1 saturated heterocycles. The van der Waals surface area contributed by atoms with E-state index in [4.69, 9.17) is 0 Å². The number of fused-ring (bicyclic) bond motifs is 1. The van der Waals surface area contributed by atoms with Gasteiger partial charge >= 0.3 is 0 Å². The summed E-state index contributed by atoms with van der Waals surface area (Å²) in [6.07, 6.45) is 7.02. The van der Waals surface area contributed by atoms with Crippen molar-refractivity contribution in [1.29, 1.82) is 0 Å². The summed E-state index contributed by atoms with van der Waals surface area (Å²) in [6, 6.07) is 4.11. The minimum atomic E-state index is -0.0978. The van der Waals surface area contributed by atoms with E-state index in [0.717, 1.165) is 36.6 Å². The van der Waals surface area contributed by atoms with Gasteiger partial charge < -0.3 is 9.80 Å². The molecule has 8 nitrogen and oxygen atoms in total. The van der Waals surface area contributed by atoms with E-state index in [-0.39, 0.29) is 11.9 Å². The van der Waals surface area contributed by atoms with Gasteiger partial charge in [-0.25, -0.2) is 19.5 Å². The van der Waals surface area contributed by atoms with Crippen LogP contribution >= 0.6 is 0 Å². The molecule has 0 saturated carbocycles. The van der Waals surface area contributed by atoms with Gasteiger partial charge in [0.15, 0.2) is 5.65 Å². The van der Waals surface area contributed by atoms with E-state index in [9.17, 15) is 4.79 Å². The van der Waals surface area contributed by atoms with Crippen LogP contribution in [0.4, 0.5) is 5.82 Å². The number of amides is 1. The van der Waals surface area contributed by atoms with Crippen molar-refractivity contribution in [2.45, 2.75) is 25.8 Å². The average Bonchev–Trinajstić information content (AvgIpc) is 3.28. The molecule has 1 amide bonds. The first-order valence-corrected chi connectivity index (χ1v) is 8.66. The number of anilines is 1. The topological polar surface area (TPSA) is 79.5 Å². The fraction of sp³-hybridized carbons (Fsp3) is 0.389. The van der Waals surface area contributed by atoms with Gasteiger partial charge in [-0.1, -0.05) is 0 Å². The quantitative estimate of drug-likeness (QED) is 0.717. The molecule has 0 aromatic carbocycles. The first-order chi connectivity index (χ1) is 12.6. The maximum atomic E-state index is 12.4. The SMILES string of the molecule is Cc1cc(N2CCCC2c2ccnc3c(C(=O)N(C)C)cnn23)ncn1. The maximum Gasteiger partial charge on any atom is 0.258 e. The largest absolute Gasteiger partial charge is 0.348 e. The summed E-state index contributed by atoms with van der Waals surface area (Å²) in [7, 11) is 3.46. The van der Waals surface area contributed by atoms with E-state index < -0.39 is 0 Å². The molecule has 3 aromatic rings. The highest BCUT2D eigenvalue weighted by Gasteiger charge is 2.30. The van der Waals surface area contributed by atoms with Crippen molar-refractivity contribution in [3.63, 3.8) is 0 Å². The minimum absolute atomic E-state index is 0.0978. The van der Waals surface area contributed by atoms with Gasteiger partial charge in [0.2, 0.25) is 0 Å². The fourth-order valence-electron chi connectivity index (χ4n) is 3.50. The normalized spacial score (nSPS) is 17.0. The van der Waals surface area contributed by atoms with Crippen molar-refractivity contribution < 1.29 is 4.79 Å². The standard InChI is InChI=1S/C18H21N7O/c1-12-9-16(21-11-20-12)24-8-4-5-14(24)15-6-7-19-17-13(10-22-25(15)17)18(26)23(2)3/h6-7,9-11,14H,4-5,8H2,1-3H3. The molecule has 1 aliphatic heterocycles. The van der Waals surface area contributed by atoms with Crippen molar-refractivity contribution >= 4 is 17.4 Å². The Morgan fingerprint density at radius 2 is 2.12 bits per heavy atom. The highest BCUT2D eigenvalue weighted by Crippen LogP contribution is 2.35. The first kappa shape index (κ1) is 16.4. The molecular formula is C18H21N7O. The minimum Gasteiger partial charge on any atom is -0.348 e. The zero-order valence-corrected chi connectivity index (χ0v) is 15.1. The van der Waals surface area contributed by atoms with Crippen LogP contribution in [0.3, 0.4) is 0 Å². The van der Waals surface area contributed by atoms with Crippen molar-refractivity contribution in [3.8, 4) is 0 Å². The zero-order valence-electron chi connectivity index (χ0n) is 15.1. The van der Waals surface area contributed by atoms with E-state index in [2.05, 4.69) is 25.0 Å². The van der Waals surface area contributed by atoms with E-state index >= 15 is 0 Å². The van der Waals surface area contributed by atoms with Crippen molar-refractivity contribution in [2.24, 2.45) is 0 Å². The van der Waals surface area contributed by atoms with Crippen LogP contribution in [0.2, 0.25) is 0 Å². The number of hydrogen-bond donors (Lipinski definition) is 0. The number of aryl methyl sites for hydroxylation is 1. The second-order valence-electron chi connectivity index (χ2n) is 6.73. The van der Waals surface area contributed by atoms with Gasteiger partial charge in [0.05, 0.1) is 17.9 Å². The monoisotopic (exact) mass is 351 g/mol. The molecule has 0 spiro atoms. The fourth-order valence-corrected chi connectivity index (χ4v) is 3.50. The Labute approximate surface area is 151 Å². The lowest BCUT2D eigenvalue weighted by Crippen LogP contribution is -2.26. The summed E-state index contributed by atoms with van der Waals surface area (Å²) in [5.41, 5.74) is 3.06. The lowest BCUT2D eigenvalue weighted by molar-refractivity contribution is 0.0829. The third kappa shape index (κ3) is 2.67. The zero-order chi connectivity index (χ0) is 18.3. The molecule has 1 atom stereocenters. The molecule has 134 valence electrons. The highest BCUT2D eigenvalue weighted by atomic mass is 16.2. The Hall–Kier alpha value is -3.03. The Kier molecular flexibility index (Phi) is 4.02. The molecule has 0 bridgehead atoms. The molecule has 4 heterocycles. The van der Waals surface area contributed by atoms with Gasteiger partial charge in [-0.05, 0) is 25.8 Å². The summed E-state index contributed by atoms with van der Waals surface area (Å²) in [5.74, 6) is 0.820. The van der Waals surface area contributed by atoms with Gasteiger partial charge in [0.1, 0.15) is 17.7 Å². The van der Waals surface area contributed by atoms with Gasteiger partial charge in [-0.15, -0.1) is 0 Å². The summed E-state index contributed by atoms with van der Waals surface area (Å²) in [6.45, 7) is 2.89. The molecular weight excluding hydrogens is 330 g/mol. The van der Waals surface area contributed by atoms with Crippen molar-refractivity contribution in [2.75, 3.05) is 25.5 Å². The Balaban J connectivity index is 1.78. The Morgan fingerprint density at radius 3 is 2.88 bits per heavy atom. The van der Waals surface area contributed by atoms with Gasteiger partial charge in [-0.3, -0.25) is 4.79 Å². The van der Waals surface area contributed by atoms with Crippen LogP contribution in [0, 0.1) is 6.92 Å². The van der Waals surface area contributed by atoms with Gasteiger partial charge in [0, 0.05) is 38.6 Å². The lowest BCUT2D eigenvalue weighted by Gasteiger charge is -2.26. The molecule has 0 radical (unpaired) electrons. The summed E-state index contributed by atoms with van der Waals surface area (Å²) >= 11 is 0. The number of nitrogens with zero attached hydrogens (tertiary/aromatic N) is 7.